The number of imide groups is 1. The number of phenols is 1. The summed E-state index contributed by atoms with van der Waals surface area (Å²) in [6.07, 6.45) is 2.16. The molecular formula is C24H19FN2O4. The first-order valence-corrected chi connectivity index (χ1v) is 9.64. The van der Waals surface area contributed by atoms with Crippen LogP contribution in [0.25, 0.3) is 6.08 Å². The van der Waals surface area contributed by atoms with E-state index < -0.39 is 17.8 Å². The summed E-state index contributed by atoms with van der Waals surface area (Å²) in [5.74, 6) is -0.783. The zero-order valence-electron chi connectivity index (χ0n) is 16.4. The predicted molar refractivity (Wildman–Crippen MR) is 114 cm³/mol. The zero-order chi connectivity index (χ0) is 21.8. The van der Waals surface area contributed by atoms with Gasteiger partial charge in [0.25, 0.3) is 5.91 Å². The van der Waals surface area contributed by atoms with Crippen molar-refractivity contribution >= 4 is 23.7 Å². The highest BCUT2D eigenvalue weighted by Crippen LogP contribution is 2.29. The first kappa shape index (κ1) is 20.2. The number of benzene rings is 3. The van der Waals surface area contributed by atoms with Gasteiger partial charge in [-0.05, 0) is 53.6 Å². The average molecular weight is 418 g/mol. The molecule has 7 heteroatoms. The largest absolute Gasteiger partial charge is 0.504 e. The molecule has 31 heavy (non-hydrogen) atoms. The fourth-order valence-corrected chi connectivity index (χ4v) is 3.20. The average Bonchev–Trinajstić information content (AvgIpc) is 3.04. The Morgan fingerprint density at radius 3 is 2.45 bits per heavy atom. The summed E-state index contributed by atoms with van der Waals surface area (Å²) >= 11 is 0. The topological polar surface area (TPSA) is 78.9 Å². The van der Waals surface area contributed by atoms with E-state index in [2.05, 4.69) is 5.32 Å². The van der Waals surface area contributed by atoms with Crippen molar-refractivity contribution in [2.75, 3.05) is 11.5 Å². The van der Waals surface area contributed by atoms with Gasteiger partial charge >= 0.3 is 6.03 Å². The molecule has 0 spiro atoms. The zero-order valence-corrected chi connectivity index (χ0v) is 16.4. The van der Waals surface area contributed by atoms with Crippen LogP contribution in [0.2, 0.25) is 0 Å². The number of ether oxygens (including phenoxy) is 1. The van der Waals surface area contributed by atoms with Crippen molar-refractivity contribution < 1.29 is 23.8 Å². The van der Waals surface area contributed by atoms with Gasteiger partial charge in [0.1, 0.15) is 11.5 Å². The second-order valence-corrected chi connectivity index (χ2v) is 6.92. The summed E-state index contributed by atoms with van der Waals surface area (Å²) < 4.78 is 18.8. The molecule has 0 unspecified atom stereocenters. The Kier molecular flexibility index (Phi) is 5.66. The summed E-state index contributed by atoms with van der Waals surface area (Å²) in [4.78, 5) is 25.8. The fraction of sp³-hybridized carbons (Fsp3) is 0.0833. The Morgan fingerprint density at radius 1 is 1.00 bits per heavy atom. The number of amides is 3. The van der Waals surface area contributed by atoms with E-state index in [9.17, 15) is 19.1 Å². The lowest BCUT2D eigenvalue weighted by molar-refractivity contribution is -0.113. The van der Waals surface area contributed by atoms with Gasteiger partial charge in [-0.1, -0.05) is 36.4 Å². The first-order valence-electron chi connectivity index (χ1n) is 9.64. The van der Waals surface area contributed by atoms with Gasteiger partial charge in [0, 0.05) is 6.42 Å². The minimum absolute atomic E-state index is 0.0477. The maximum Gasteiger partial charge on any atom is 0.333 e. The van der Waals surface area contributed by atoms with Crippen LogP contribution in [0.4, 0.5) is 14.9 Å². The Bertz CT molecular complexity index is 1140. The summed E-state index contributed by atoms with van der Waals surface area (Å²) in [7, 11) is 0. The number of anilines is 1. The van der Waals surface area contributed by atoms with E-state index in [0.717, 1.165) is 10.5 Å². The standard InChI is InChI=1S/C24H19FN2O4/c25-18-7-9-19(10-8-18)27-23(29)20(26-24(27)30)14-17-6-11-22(21(28)15-17)31-13-12-16-4-2-1-3-5-16/h1-11,14-15,28H,12-13H2,(H,26,30). The molecule has 0 radical (unpaired) electrons. The van der Waals surface area contributed by atoms with Gasteiger partial charge in [0.15, 0.2) is 11.5 Å². The number of halogens is 1. The van der Waals surface area contributed by atoms with Gasteiger partial charge in [-0.15, -0.1) is 0 Å². The van der Waals surface area contributed by atoms with Gasteiger partial charge in [0.05, 0.1) is 12.3 Å². The number of urea groups is 1. The Labute approximate surface area is 178 Å². The lowest BCUT2D eigenvalue weighted by Crippen LogP contribution is -2.30. The Morgan fingerprint density at radius 2 is 1.74 bits per heavy atom. The number of aromatic hydroxyl groups is 1. The quantitative estimate of drug-likeness (QED) is 0.463. The van der Waals surface area contributed by atoms with Crippen LogP contribution in [0.5, 0.6) is 11.5 Å². The smallest absolute Gasteiger partial charge is 0.333 e. The Hall–Kier alpha value is -4.13. The summed E-state index contributed by atoms with van der Waals surface area (Å²) in [5.41, 5.74) is 1.95. The summed E-state index contributed by atoms with van der Waals surface area (Å²) in [5, 5.41) is 12.8. The molecule has 3 amide bonds. The molecular weight excluding hydrogens is 399 g/mol. The molecule has 1 aliphatic heterocycles. The van der Waals surface area contributed by atoms with Crippen LogP contribution < -0.4 is 15.0 Å². The molecule has 0 aromatic heterocycles. The molecule has 1 saturated heterocycles. The second-order valence-electron chi connectivity index (χ2n) is 6.92. The highest BCUT2D eigenvalue weighted by atomic mass is 19.1. The monoisotopic (exact) mass is 418 g/mol. The van der Waals surface area contributed by atoms with Gasteiger partial charge in [-0.2, -0.15) is 0 Å². The van der Waals surface area contributed by atoms with E-state index in [1.165, 1.54) is 36.4 Å². The molecule has 156 valence electrons. The van der Waals surface area contributed by atoms with Gasteiger partial charge in [0.2, 0.25) is 0 Å². The second kappa shape index (κ2) is 8.71. The molecule has 1 heterocycles. The van der Waals surface area contributed by atoms with Crippen LogP contribution in [-0.4, -0.2) is 23.7 Å². The number of carbonyl (C=O) groups excluding carboxylic acids is 2. The third-order valence-corrected chi connectivity index (χ3v) is 4.75. The van der Waals surface area contributed by atoms with Crippen LogP contribution in [0.15, 0.2) is 78.5 Å². The van der Waals surface area contributed by atoms with Crippen LogP contribution in [-0.2, 0) is 11.2 Å². The molecule has 6 nitrogen and oxygen atoms in total. The highest BCUT2D eigenvalue weighted by molar-refractivity contribution is 6.28. The molecule has 0 aliphatic carbocycles. The predicted octanol–water partition coefficient (Wildman–Crippen LogP) is 4.25. The SMILES string of the molecule is O=C1NC(=Cc2ccc(OCCc3ccccc3)c(O)c2)C(=O)N1c1ccc(F)cc1. The molecule has 0 bridgehead atoms. The molecule has 2 N–H and O–H groups in total. The van der Waals surface area contributed by atoms with Gasteiger partial charge in [-0.25, -0.2) is 14.1 Å². The maximum absolute atomic E-state index is 13.1. The minimum atomic E-state index is -0.632. The van der Waals surface area contributed by atoms with E-state index in [-0.39, 0.29) is 17.1 Å². The number of hydrogen-bond acceptors (Lipinski definition) is 4. The molecule has 1 fully saturated rings. The molecule has 4 rings (SSSR count). The molecule has 0 saturated carbocycles. The van der Waals surface area contributed by atoms with Crippen LogP contribution in [0.1, 0.15) is 11.1 Å². The summed E-state index contributed by atoms with van der Waals surface area (Å²) in [6, 6.07) is 19.0. The van der Waals surface area contributed by atoms with Crippen molar-refractivity contribution in [3.63, 3.8) is 0 Å². The van der Waals surface area contributed by atoms with Crippen LogP contribution in [0, 0.1) is 5.82 Å². The van der Waals surface area contributed by atoms with Gasteiger partial charge < -0.3 is 15.2 Å². The van der Waals surface area contributed by atoms with Crippen molar-refractivity contribution in [1.29, 1.82) is 0 Å². The van der Waals surface area contributed by atoms with E-state index >= 15 is 0 Å². The van der Waals surface area contributed by atoms with Crippen LogP contribution >= 0.6 is 0 Å². The first-order chi connectivity index (χ1) is 15.0. The normalized spacial score (nSPS) is 14.7. The van der Waals surface area contributed by atoms with Crippen molar-refractivity contribution in [3.05, 3.63) is 95.4 Å². The number of carbonyl (C=O) groups is 2. The number of nitrogens with one attached hydrogen (secondary N) is 1. The Balaban J connectivity index is 1.45. The fourth-order valence-electron chi connectivity index (χ4n) is 3.20. The lowest BCUT2D eigenvalue weighted by atomic mass is 10.1. The molecule has 0 atom stereocenters. The minimum Gasteiger partial charge on any atom is -0.504 e. The van der Waals surface area contributed by atoms with Crippen molar-refractivity contribution in [2.45, 2.75) is 6.42 Å². The van der Waals surface area contributed by atoms with E-state index in [1.54, 1.807) is 12.1 Å². The van der Waals surface area contributed by atoms with E-state index in [4.69, 9.17) is 4.74 Å². The number of nitrogens with zero attached hydrogens (tertiary/aromatic N) is 1. The molecule has 3 aromatic rings. The lowest BCUT2D eigenvalue weighted by Gasteiger charge is -2.11. The molecule has 1 aliphatic rings. The highest BCUT2D eigenvalue weighted by Gasteiger charge is 2.34. The third kappa shape index (κ3) is 4.56. The van der Waals surface area contributed by atoms with Crippen molar-refractivity contribution in [3.8, 4) is 11.5 Å². The van der Waals surface area contributed by atoms with Gasteiger partial charge in [-0.3, -0.25) is 4.79 Å². The third-order valence-electron chi connectivity index (χ3n) is 4.75. The van der Waals surface area contributed by atoms with Crippen molar-refractivity contribution in [2.24, 2.45) is 0 Å². The summed E-state index contributed by atoms with van der Waals surface area (Å²) in [6.45, 7) is 0.402. The van der Waals surface area contributed by atoms with E-state index in [1.807, 2.05) is 30.3 Å². The number of phenolic OH excluding ortho intramolecular Hbond substituents is 1. The van der Waals surface area contributed by atoms with E-state index in [0.29, 0.717) is 24.3 Å². The van der Waals surface area contributed by atoms with Crippen molar-refractivity contribution in [1.82, 2.24) is 5.32 Å². The number of hydrogen-bond donors (Lipinski definition) is 2. The number of rotatable bonds is 6. The van der Waals surface area contributed by atoms with Crippen LogP contribution in [0.3, 0.4) is 0 Å². The maximum atomic E-state index is 13.1. The molecule has 3 aromatic carbocycles.